The summed E-state index contributed by atoms with van der Waals surface area (Å²) in [5.74, 6) is 0.665. The monoisotopic (exact) mass is 337 g/mol. The number of hydrogen-bond acceptors (Lipinski definition) is 3. The van der Waals surface area contributed by atoms with Crippen LogP contribution in [0.25, 0.3) is 0 Å². The SMILES string of the molecule is Cl.O=C(CNCC1CC1)Nc1ccccc1C(=O)N1CCCC1. The number of benzene rings is 1. The molecular weight excluding hydrogens is 314 g/mol. The lowest BCUT2D eigenvalue weighted by Crippen LogP contribution is -2.31. The van der Waals surface area contributed by atoms with E-state index >= 15 is 0 Å². The van der Waals surface area contributed by atoms with E-state index in [-0.39, 0.29) is 24.2 Å². The molecule has 0 radical (unpaired) electrons. The van der Waals surface area contributed by atoms with Crippen molar-refractivity contribution in [1.82, 2.24) is 10.2 Å². The lowest BCUT2D eigenvalue weighted by Gasteiger charge is -2.18. The number of nitrogens with zero attached hydrogens (tertiary/aromatic N) is 1. The van der Waals surface area contributed by atoms with Crippen LogP contribution in [0.4, 0.5) is 5.69 Å². The molecule has 1 aromatic rings. The van der Waals surface area contributed by atoms with Gasteiger partial charge in [-0.05, 0) is 50.3 Å². The molecule has 1 saturated carbocycles. The Hall–Kier alpha value is -1.59. The van der Waals surface area contributed by atoms with Crippen molar-refractivity contribution in [3.05, 3.63) is 29.8 Å². The minimum absolute atomic E-state index is 0. The first kappa shape index (κ1) is 17.8. The average Bonchev–Trinajstić information content (AvgIpc) is 3.18. The maximum atomic E-state index is 12.5. The van der Waals surface area contributed by atoms with Crippen LogP contribution in [-0.2, 0) is 4.79 Å². The highest BCUT2D eigenvalue weighted by molar-refractivity contribution is 6.04. The first-order chi connectivity index (χ1) is 10.7. The Morgan fingerprint density at radius 1 is 1.13 bits per heavy atom. The number of carbonyl (C=O) groups is 2. The summed E-state index contributed by atoms with van der Waals surface area (Å²) >= 11 is 0. The van der Waals surface area contributed by atoms with E-state index in [0.717, 1.165) is 38.4 Å². The molecule has 2 N–H and O–H groups in total. The molecule has 2 fully saturated rings. The van der Waals surface area contributed by atoms with Crippen molar-refractivity contribution in [1.29, 1.82) is 0 Å². The Morgan fingerprint density at radius 2 is 1.83 bits per heavy atom. The molecule has 0 aromatic heterocycles. The third-order valence-corrected chi connectivity index (χ3v) is 4.24. The zero-order valence-electron chi connectivity index (χ0n) is 13.2. The quantitative estimate of drug-likeness (QED) is 0.837. The van der Waals surface area contributed by atoms with Crippen molar-refractivity contribution in [2.24, 2.45) is 5.92 Å². The average molecular weight is 338 g/mol. The van der Waals surface area contributed by atoms with E-state index in [4.69, 9.17) is 0 Å². The van der Waals surface area contributed by atoms with Crippen LogP contribution in [-0.4, -0.2) is 42.9 Å². The molecule has 0 bridgehead atoms. The third kappa shape index (κ3) is 4.94. The molecule has 0 spiro atoms. The highest BCUT2D eigenvalue weighted by Crippen LogP contribution is 2.27. The van der Waals surface area contributed by atoms with E-state index in [1.165, 1.54) is 12.8 Å². The molecule has 1 heterocycles. The van der Waals surface area contributed by atoms with Crippen molar-refractivity contribution in [2.75, 3.05) is 31.5 Å². The fraction of sp³-hybridized carbons (Fsp3) is 0.529. The summed E-state index contributed by atoms with van der Waals surface area (Å²) in [6.07, 6.45) is 4.65. The molecule has 1 saturated heterocycles. The molecule has 3 rings (SSSR count). The van der Waals surface area contributed by atoms with Gasteiger partial charge in [-0.1, -0.05) is 12.1 Å². The largest absolute Gasteiger partial charge is 0.339 e. The smallest absolute Gasteiger partial charge is 0.255 e. The molecular formula is C17H24ClN3O2. The van der Waals surface area contributed by atoms with E-state index in [0.29, 0.717) is 17.8 Å². The van der Waals surface area contributed by atoms with Crippen molar-refractivity contribution < 1.29 is 9.59 Å². The van der Waals surface area contributed by atoms with Gasteiger partial charge in [0, 0.05) is 13.1 Å². The molecule has 0 unspecified atom stereocenters. The molecule has 6 heteroatoms. The van der Waals surface area contributed by atoms with Gasteiger partial charge < -0.3 is 15.5 Å². The number of amides is 2. The third-order valence-electron chi connectivity index (χ3n) is 4.24. The number of rotatable bonds is 6. The van der Waals surface area contributed by atoms with Crippen molar-refractivity contribution in [2.45, 2.75) is 25.7 Å². The van der Waals surface area contributed by atoms with Crippen LogP contribution in [0.5, 0.6) is 0 Å². The Kier molecular flexibility index (Phi) is 6.42. The fourth-order valence-corrected chi connectivity index (χ4v) is 2.78. The number of halogens is 1. The minimum Gasteiger partial charge on any atom is -0.339 e. The minimum atomic E-state index is -0.0951. The molecule has 2 aliphatic rings. The number of hydrogen-bond donors (Lipinski definition) is 2. The van der Waals surface area contributed by atoms with Gasteiger partial charge in [0.15, 0.2) is 0 Å². The van der Waals surface area contributed by atoms with E-state index in [2.05, 4.69) is 10.6 Å². The lowest BCUT2D eigenvalue weighted by atomic mass is 10.1. The van der Waals surface area contributed by atoms with Gasteiger partial charge >= 0.3 is 0 Å². The van der Waals surface area contributed by atoms with Crippen molar-refractivity contribution >= 4 is 29.9 Å². The van der Waals surface area contributed by atoms with E-state index in [1.54, 1.807) is 12.1 Å². The second kappa shape index (κ2) is 8.31. The Labute approximate surface area is 143 Å². The summed E-state index contributed by atoms with van der Waals surface area (Å²) in [5.41, 5.74) is 1.19. The van der Waals surface area contributed by atoms with Gasteiger partial charge in [-0.3, -0.25) is 9.59 Å². The van der Waals surface area contributed by atoms with Crippen LogP contribution < -0.4 is 10.6 Å². The zero-order valence-corrected chi connectivity index (χ0v) is 14.0. The maximum Gasteiger partial charge on any atom is 0.255 e. The number of likely N-dealkylation sites (tertiary alicyclic amines) is 1. The fourth-order valence-electron chi connectivity index (χ4n) is 2.78. The van der Waals surface area contributed by atoms with E-state index in [9.17, 15) is 9.59 Å². The van der Waals surface area contributed by atoms with Gasteiger partial charge in [-0.25, -0.2) is 0 Å². The molecule has 126 valence electrons. The predicted octanol–water partition coefficient (Wildman–Crippen LogP) is 2.28. The van der Waals surface area contributed by atoms with Gasteiger partial charge in [0.25, 0.3) is 5.91 Å². The van der Waals surface area contributed by atoms with Gasteiger partial charge in [0.1, 0.15) is 0 Å². The topological polar surface area (TPSA) is 61.4 Å². The van der Waals surface area contributed by atoms with Gasteiger partial charge in [0.05, 0.1) is 17.8 Å². The van der Waals surface area contributed by atoms with E-state index in [1.807, 2.05) is 17.0 Å². The molecule has 1 aliphatic heterocycles. The molecule has 5 nitrogen and oxygen atoms in total. The van der Waals surface area contributed by atoms with Crippen LogP contribution in [0.3, 0.4) is 0 Å². The Bertz CT molecular complexity index is 555. The van der Waals surface area contributed by atoms with Crippen LogP contribution in [0, 0.1) is 5.92 Å². The number of anilines is 1. The highest BCUT2D eigenvalue weighted by atomic mass is 35.5. The summed E-state index contributed by atoms with van der Waals surface area (Å²) in [5, 5.41) is 6.02. The Balaban J connectivity index is 0.00000192. The van der Waals surface area contributed by atoms with Crippen molar-refractivity contribution in [3.8, 4) is 0 Å². The number of para-hydroxylation sites is 1. The molecule has 1 aromatic carbocycles. The maximum absolute atomic E-state index is 12.5. The Morgan fingerprint density at radius 3 is 2.52 bits per heavy atom. The van der Waals surface area contributed by atoms with Crippen LogP contribution in [0.1, 0.15) is 36.0 Å². The standard InChI is InChI=1S/C17H23N3O2.ClH/c21-16(12-18-11-13-7-8-13)19-15-6-2-1-5-14(15)17(22)20-9-3-4-10-20;/h1-2,5-6,13,18H,3-4,7-12H2,(H,19,21);1H. The number of carbonyl (C=O) groups excluding carboxylic acids is 2. The predicted molar refractivity (Wildman–Crippen MR) is 93.1 cm³/mol. The normalized spacial score (nSPS) is 16.8. The molecule has 2 amide bonds. The lowest BCUT2D eigenvalue weighted by molar-refractivity contribution is -0.115. The van der Waals surface area contributed by atoms with Crippen molar-refractivity contribution in [3.63, 3.8) is 0 Å². The van der Waals surface area contributed by atoms with Gasteiger partial charge in [-0.15, -0.1) is 12.4 Å². The molecule has 0 atom stereocenters. The van der Waals surface area contributed by atoms with Crippen LogP contribution in [0.2, 0.25) is 0 Å². The zero-order chi connectivity index (χ0) is 15.4. The van der Waals surface area contributed by atoms with Gasteiger partial charge in [0.2, 0.25) is 5.91 Å². The number of nitrogens with one attached hydrogen (secondary N) is 2. The highest BCUT2D eigenvalue weighted by Gasteiger charge is 2.23. The summed E-state index contributed by atoms with van der Waals surface area (Å²) < 4.78 is 0. The van der Waals surface area contributed by atoms with Crippen LogP contribution >= 0.6 is 12.4 Å². The second-order valence-corrected chi connectivity index (χ2v) is 6.17. The summed E-state index contributed by atoms with van der Waals surface area (Å²) in [6.45, 7) is 2.82. The summed E-state index contributed by atoms with van der Waals surface area (Å²) in [4.78, 5) is 26.4. The second-order valence-electron chi connectivity index (χ2n) is 6.17. The van der Waals surface area contributed by atoms with Gasteiger partial charge in [-0.2, -0.15) is 0 Å². The first-order valence-corrected chi connectivity index (χ1v) is 8.13. The van der Waals surface area contributed by atoms with Crippen LogP contribution in [0.15, 0.2) is 24.3 Å². The molecule has 23 heavy (non-hydrogen) atoms. The summed E-state index contributed by atoms with van der Waals surface area (Å²) in [6, 6.07) is 7.26. The molecule has 1 aliphatic carbocycles. The van der Waals surface area contributed by atoms with E-state index < -0.39 is 0 Å². The summed E-state index contributed by atoms with van der Waals surface area (Å²) in [7, 11) is 0. The first-order valence-electron chi connectivity index (χ1n) is 8.13.